The molecule has 2 heterocycles. The zero-order valence-corrected chi connectivity index (χ0v) is 15.5. The third-order valence-corrected chi connectivity index (χ3v) is 4.69. The number of alkyl halides is 3. The number of hydrogen-bond donors (Lipinski definition) is 2. The average Bonchev–Trinajstić information content (AvgIpc) is 3.02. The van der Waals surface area contributed by atoms with Gasteiger partial charge in [0.25, 0.3) is 0 Å². The summed E-state index contributed by atoms with van der Waals surface area (Å²) in [7, 11) is 1.67. The van der Waals surface area contributed by atoms with E-state index < -0.39 is 12.7 Å². The summed E-state index contributed by atoms with van der Waals surface area (Å²) in [5.74, 6) is 1.24. The van der Waals surface area contributed by atoms with Crippen molar-refractivity contribution in [2.24, 2.45) is 10.9 Å². The molecular formula is C17H31F3N4O2. The summed E-state index contributed by atoms with van der Waals surface area (Å²) >= 11 is 0. The maximum atomic E-state index is 12.4. The maximum absolute atomic E-state index is 12.4. The first-order valence-corrected chi connectivity index (χ1v) is 9.38. The molecule has 2 saturated heterocycles. The van der Waals surface area contributed by atoms with E-state index in [0.29, 0.717) is 44.5 Å². The van der Waals surface area contributed by atoms with E-state index in [1.54, 1.807) is 7.05 Å². The van der Waals surface area contributed by atoms with Crippen molar-refractivity contribution in [3.8, 4) is 0 Å². The number of halogens is 3. The van der Waals surface area contributed by atoms with Crippen molar-refractivity contribution in [2.45, 2.75) is 37.9 Å². The Hall–Kier alpha value is -1.06. The molecule has 0 radical (unpaired) electrons. The lowest BCUT2D eigenvalue weighted by atomic mass is 10.0. The van der Waals surface area contributed by atoms with Gasteiger partial charge in [0.05, 0.1) is 6.54 Å². The summed E-state index contributed by atoms with van der Waals surface area (Å²) in [6, 6.07) is -0.00618. The fourth-order valence-electron chi connectivity index (χ4n) is 3.28. The number of nitrogens with zero attached hydrogens (tertiary/aromatic N) is 2. The zero-order chi connectivity index (χ0) is 18.8. The van der Waals surface area contributed by atoms with Gasteiger partial charge in [0.15, 0.2) is 5.96 Å². The summed E-state index contributed by atoms with van der Waals surface area (Å²) in [5.41, 5.74) is 0. The predicted octanol–water partition coefficient (Wildman–Crippen LogP) is 1.62. The van der Waals surface area contributed by atoms with E-state index in [2.05, 4.69) is 15.6 Å². The average molecular weight is 380 g/mol. The molecule has 2 rings (SSSR count). The van der Waals surface area contributed by atoms with E-state index in [1.165, 1.54) is 4.90 Å². The van der Waals surface area contributed by atoms with Crippen molar-refractivity contribution in [1.29, 1.82) is 0 Å². The molecule has 2 aliphatic heterocycles. The highest BCUT2D eigenvalue weighted by Crippen LogP contribution is 2.20. The second-order valence-electron chi connectivity index (χ2n) is 6.96. The quantitative estimate of drug-likeness (QED) is 0.381. The van der Waals surface area contributed by atoms with Gasteiger partial charge in [0.1, 0.15) is 0 Å². The summed E-state index contributed by atoms with van der Waals surface area (Å²) in [4.78, 5) is 5.57. The number of guanidine groups is 1. The Bertz CT molecular complexity index is 429. The van der Waals surface area contributed by atoms with Crippen molar-refractivity contribution < 1.29 is 22.6 Å². The molecule has 0 spiro atoms. The summed E-state index contributed by atoms with van der Waals surface area (Å²) in [5, 5.41) is 6.40. The largest absolute Gasteiger partial charge is 0.401 e. The van der Waals surface area contributed by atoms with Crippen LogP contribution in [0.4, 0.5) is 13.2 Å². The van der Waals surface area contributed by atoms with Gasteiger partial charge in [-0.1, -0.05) is 0 Å². The molecule has 152 valence electrons. The Morgan fingerprint density at radius 3 is 2.73 bits per heavy atom. The third-order valence-electron chi connectivity index (χ3n) is 4.69. The van der Waals surface area contributed by atoms with Crippen LogP contribution in [0.2, 0.25) is 0 Å². The van der Waals surface area contributed by atoms with Crippen molar-refractivity contribution in [3.05, 3.63) is 0 Å². The molecule has 26 heavy (non-hydrogen) atoms. The predicted molar refractivity (Wildman–Crippen MR) is 94.4 cm³/mol. The second kappa shape index (κ2) is 10.9. The highest BCUT2D eigenvalue weighted by molar-refractivity contribution is 5.79. The standard InChI is InChI=1S/C17H31F3N4O2/c1-21-16(23-15-3-7-24(11-15)13-17(18,19)20)22-6-2-8-26-12-14-4-9-25-10-5-14/h14-15H,2-13H2,1H3,(H2,21,22,23). The van der Waals surface area contributed by atoms with E-state index >= 15 is 0 Å². The van der Waals surface area contributed by atoms with Gasteiger partial charge in [-0.3, -0.25) is 9.89 Å². The number of rotatable bonds is 8. The Kier molecular flexibility index (Phi) is 8.94. The highest BCUT2D eigenvalue weighted by atomic mass is 19.4. The monoisotopic (exact) mass is 380 g/mol. The molecule has 1 unspecified atom stereocenters. The van der Waals surface area contributed by atoms with Crippen molar-refractivity contribution in [1.82, 2.24) is 15.5 Å². The Morgan fingerprint density at radius 2 is 2.04 bits per heavy atom. The molecule has 0 aromatic heterocycles. The van der Waals surface area contributed by atoms with Gasteiger partial charge in [-0.2, -0.15) is 13.2 Å². The Balaban J connectivity index is 1.52. The molecular weight excluding hydrogens is 349 g/mol. The molecule has 0 saturated carbocycles. The lowest BCUT2D eigenvalue weighted by Gasteiger charge is -2.22. The van der Waals surface area contributed by atoms with E-state index in [-0.39, 0.29) is 6.04 Å². The van der Waals surface area contributed by atoms with Crippen LogP contribution in [0.15, 0.2) is 4.99 Å². The summed E-state index contributed by atoms with van der Waals surface area (Å²) < 4.78 is 48.3. The van der Waals surface area contributed by atoms with E-state index in [0.717, 1.165) is 39.1 Å². The molecule has 0 amide bonds. The molecule has 2 N–H and O–H groups in total. The van der Waals surface area contributed by atoms with Crippen LogP contribution < -0.4 is 10.6 Å². The smallest absolute Gasteiger partial charge is 0.381 e. The highest BCUT2D eigenvalue weighted by Gasteiger charge is 2.34. The summed E-state index contributed by atoms with van der Waals surface area (Å²) in [6.45, 7) is 3.84. The van der Waals surface area contributed by atoms with Gasteiger partial charge in [-0.25, -0.2) is 0 Å². The van der Waals surface area contributed by atoms with Gasteiger partial charge in [-0.15, -0.1) is 0 Å². The molecule has 0 aliphatic carbocycles. The number of nitrogens with one attached hydrogen (secondary N) is 2. The minimum absolute atomic E-state index is 0.00618. The van der Waals surface area contributed by atoms with Crippen LogP contribution in [-0.4, -0.2) is 82.7 Å². The fourth-order valence-corrected chi connectivity index (χ4v) is 3.28. The topological polar surface area (TPSA) is 58.1 Å². The molecule has 2 fully saturated rings. The van der Waals surface area contributed by atoms with Crippen molar-refractivity contribution in [3.63, 3.8) is 0 Å². The molecule has 6 nitrogen and oxygen atoms in total. The summed E-state index contributed by atoms with van der Waals surface area (Å²) in [6.07, 6.45) is -0.456. The first kappa shape index (κ1) is 21.2. The lowest BCUT2D eigenvalue weighted by Crippen LogP contribution is -2.45. The van der Waals surface area contributed by atoms with Crippen LogP contribution >= 0.6 is 0 Å². The number of hydrogen-bond acceptors (Lipinski definition) is 4. The molecule has 0 bridgehead atoms. The zero-order valence-electron chi connectivity index (χ0n) is 15.5. The van der Waals surface area contributed by atoms with Crippen molar-refractivity contribution in [2.75, 3.05) is 59.7 Å². The van der Waals surface area contributed by atoms with Crippen LogP contribution in [0, 0.1) is 5.92 Å². The second-order valence-corrected chi connectivity index (χ2v) is 6.96. The molecule has 0 aromatic rings. The SMILES string of the molecule is CN=C(NCCCOCC1CCOCC1)NC1CCN(CC(F)(F)F)C1. The fraction of sp³-hybridized carbons (Fsp3) is 0.941. The Labute approximate surface area is 153 Å². The van der Waals surface area contributed by atoms with Gasteiger partial charge in [-0.05, 0) is 31.6 Å². The molecule has 1 atom stereocenters. The van der Waals surface area contributed by atoms with E-state index in [1.807, 2.05) is 0 Å². The third kappa shape index (κ3) is 8.55. The van der Waals surface area contributed by atoms with E-state index in [4.69, 9.17) is 9.47 Å². The minimum Gasteiger partial charge on any atom is -0.381 e. The lowest BCUT2D eigenvalue weighted by molar-refractivity contribution is -0.143. The van der Waals surface area contributed by atoms with Crippen LogP contribution in [0.25, 0.3) is 0 Å². The van der Waals surface area contributed by atoms with Crippen LogP contribution in [0.5, 0.6) is 0 Å². The van der Waals surface area contributed by atoms with Crippen LogP contribution in [0.1, 0.15) is 25.7 Å². The molecule has 0 aromatic carbocycles. The maximum Gasteiger partial charge on any atom is 0.401 e. The van der Waals surface area contributed by atoms with E-state index in [9.17, 15) is 13.2 Å². The number of ether oxygens (including phenoxy) is 2. The van der Waals surface area contributed by atoms with Gasteiger partial charge in [0, 0.05) is 59.2 Å². The minimum atomic E-state index is -4.14. The van der Waals surface area contributed by atoms with Gasteiger partial charge in [0.2, 0.25) is 0 Å². The van der Waals surface area contributed by atoms with Crippen molar-refractivity contribution >= 4 is 5.96 Å². The molecule has 9 heteroatoms. The molecule has 2 aliphatic rings. The Morgan fingerprint density at radius 1 is 1.27 bits per heavy atom. The van der Waals surface area contributed by atoms with Crippen LogP contribution in [-0.2, 0) is 9.47 Å². The number of aliphatic imine (C=N–C) groups is 1. The van der Waals surface area contributed by atoms with Gasteiger partial charge >= 0.3 is 6.18 Å². The number of likely N-dealkylation sites (tertiary alicyclic amines) is 1. The van der Waals surface area contributed by atoms with Crippen LogP contribution in [0.3, 0.4) is 0 Å². The normalized spacial score (nSPS) is 23.4. The first-order chi connectivity index (χ1) is 12.5. The van der Waals surface area contributed by atoms with Gasteiger partial charge < -0.3 is 20.1 Å². The first-order valence-electron chi connectivity index (χ1n) is 9.38.